The van der Waals surface area contributed by atoms with Crippen LogP contribution in [0.3, 0.4) is 0 Å². The number of fused-ring (bicyclic) bond motifs is 1. The lowest BCUT2D eigenvalue weighted by molar-refractivity contribution is -0.0509. The number of rotatable bonds is 5. The maximum Gasteiger partial charge on any atom is 0.387 e. The van der Waals surface area contributed by atoms with Crippen LogP contribution in [-0.2, 0) is 6.54 Å². The summed E-state index contributed by atoms with van der Waals surface area (Å²) in [6.45, 7) is -0.361. The zero-order chi connectivity index (χ0) is 15.5. The summed E-state index contributed by atoms with van der Waals surface area (Å²) in [6.07, 6.45) is 2.22. The second kappa shape index (κ2) is 6.66. The number of likely N-dealkylation sites (N-methyl/N-ethyl adjacent to an activating group) is 1. The quantitative estimate of drug-likeness (QED) is 0.902. The molecule has 0 amide bonds. The van der Waals surface area contributed by atoms with Gasteiger partial charge in [0, 0.05) is 30.8 Å². The Bertz CT molecular complexity index is 528. The van der Waals surface area contributed by atoms with Crippen LogP contribution in [0.5, 0.6) is 17.2 Å². The lowest BCUT2D eigenvalue weighted by atomic mass is 10.0. The minimum atomic E-state index is -2.86. The van der Waals surface area contributed by atoms with E-state index in [-0.39, 0.29) is 12.5 Å². The van der Waals surface area contributed by atoms with Gasteiger partial charge in [-0.05, 0) is 32.5 Å². The molecule has 122 valence electrons. The molecule has 0 aromatic heterocycles. The molecule has 22 heavy (non-hydrogen) atoms. The van der Waals surface area contributed by atoms with Crippen LogP contribution in [-0.4, -0.2) is 44.5 Å². The minimum Gasteiger partial charge on any atom is -0.454 e. The molecule has 0 aliphatic carbocycles. The summed E-state index contributed by atoms with van der Waals surface area (Å²) in [6, 6.07) is 3.66. The molecule has 1 N–H and O–H groups in total. The van der Waals surface area contributed by atoms with Crippen molar-refractivity contribution in [1.82, 2.24) is 10.2 Å². The van der Waals surface area contributed by atoms with Gasteiger partial charge in [-0.3, -0.25) is 4.90 Å². The van der Waals surface area contributed by atoms with Crippen molar-refractivity contribution in [3.8, 4) is 17.2 Å². The molecule has 2 heterocycles. The van der Waals surface area contributed by atoms with Crippen LogP contribution in [0.4, 0.5) is 8.78 Å². The van der Waals surface area contributed by atoms with Gasteiger partial charge in [0.15, 0.2) is 11.5 Å². The van der Waals surface area contributed by atoms with E-state index in [0.717, 1.165) is 25.9 Å². The van der Waals surface area contributed by atoms with Gasteiger partial charge in [-0.1, -0.05) is 0 Å². The summed E-state index contributed by atoms with van der Waals surface area (Å²) in [5.41, 5.74) is 0.696. The molecule has 1 atom stereocenters. The lowest BCUT2D eigenvalue weighted by Crippen LogP contribution is -2.43. The van der Waals surface area contributed by atoms with Gasteiger partial charge in [0.1, 0.15) is 5.75 Å². The molecule has 1 aromatic rings. The van der Waals surface area contributed by atoms with Gasteiger partial charge in [-0.25, -0.2) is 0 Å². The van der Waals surface area contributed by atoms with Crippen molar-refractivity contribution in [3.63, 3.8) is 0 Å². The highest BCUT2D eigenvalue weighted by atomic mass is 19.3. The van der Waals surface area contributed by atoms with E-state index in [9.17, 15) is 8.78 Å². The summed E-state index contributed by atoms with van der Waals surface area (Å²) in [7, 11) is 1.94. The first-order valence-corrected chi connectivity index (χ1v) is 7.42. The number of alkyl halides is 2. The lowest BCUT2D eigenvalue weighted by Gasteiger charge is -2.32. The van der Waals surface area contributed by atoms with Crippen LogP contribution < -0.4 is 19.5 Å². The number of likely N-dealkylation sites (tertiary alicyclic amines) is 1. The highest BCUT2D eigenvalue weighted by Crippen LogP contribution is 2.39. The van der Waals surface area contributed by atoms with Crippen LogP contribution in [0.25, 0.3) is 0 Å². The van der Waals surface area contributed by atoms with E-state index in [1.165, 1.54) is 6.07 Å². The third-order valence-electron chi connectivity index (χ3n) is 4.08. The molecule has 0 radical (unpaired) electrons. The van der Waals surface area contributed by atoms with Crippen molar-refractivity contribution in [1.29, 1.82) is 0 Å². The Kier molecular flexibility index (Phi) is 4.63. The molecule has 2 aliphatic rings. The van der Waals surface area contributed by atoms with Crippen LogP contribution in [0.2, 0.25) is 0 Å². The van der Waals surface area contributed by atoms with Crippen LogP contribution in [0.15, 0.2) is 12.1 Å². The van der Waals surface area contributed by atoms with Crippen molar-refractivity contribution in [2.24, 2.45) is 0 Å². The predicted molar refractivity (Wildman–Crippen MR) is 76.6 cm³/mol. The summed E-state index contributed by atoms with van der Waals surface area (Å²) in [5, 5.41) is 3.27. The van der Waals surface area contributed by atoms with Gasteiger partial charge in [0.05, 0.1) is 0 Å². The first kappa shape index (κ1) is 15.3. The first-order valence-electron chi connectivity index (χ1n) is 7.42. The van der Waals surface area contributed by atoms with E-state index in [1.807, 2.05) is 7.05 Å². The third-order valence-corrected chi connectivity index (χ3v) is 4.08. The summed E-state index contributed by atoms with van der Waals surface area (Å²) >= 11 is 0. The normalized spacial score (nSPS) is 21.4. The molecule has 1 aromatic carbocycles. The Labute approximate surface area is 128 Å². The number of ether oxygens (including phenoxy) is 3. The highest BCUT2D eigenvalue weighted by Gasteiger charge is 2.23. The van der Waals surface area contributed by atoms with E-state index in [2.05, 4.69) is 15.0 Å². The zero-order valence-corrected chi connectivity index (χ0v) is 12.5. The standard InChI is InChI=1S/C15H20F2N2O3/c1-18-11-3-2-4-19(8-11)7-10-5-13-14(21-9-20-13)6-12(10)22-15(16)17/h5-6,11,15,18H,2-4,7-9H2,1H3. The van der Waals surface area contributed by atoms with E-state index in [1.54, 1.807) is 6.07 Å². The molecule has 7 heteroatoms. The molecule has 3 rings (SSSR count). The Morgan fingerprint density at radius 3 is 2.86 bits per heavy atom. The Balaban J connectivity index is 1.79. The largest absolute Gasteiger partial charge is 0.454 e. The van der Waals surface area contributed by atoms with E-state index in [0.29, 0.717) is 29.6 Å². The average molecular weight is 314 g/mol. The fourth-order valence-electron chi connectivity index (χ4n) is 2.97. The van der Waals surface area contributed by atoms with E-state index >= 15 is 0 Å². The van der Waals surface area contributed by atoms with E-state index < -0.39 is 6.61 Å². The number of benzene rings is 1. The fraction of sp³-hybridized carbons (Fsp3) is 0.600. The molecule has 0 spiro atoms. The van der Waals surface area contributed by atoms with Gasteiger partial charge < -0.3 is 19.5 Å². The maximum atomic E-state index is 12.6. The summed E-state index contributed by atoms with van der Waals surface area (Å²) < 4.78 is 40.5. The number of hydrogen-bond acceptors (Lipinski definition) is 5. The summed E-state index contributed by atoms with van der Waals surface area (Å²) in [4.78, 5) is 2.24. The number of piperidine rings is 1. The van der Waals surface area contributed by atoms with Crippen molar-refractivity contribution in [3.05, 3.63) is 17.7 Å². The SMILES string of the molecule is CNC1CCCN(Cc2cc3c(cc2OC(F)F)OCO3)C1. The Morgan fingerprint density at radius 2 is 2.14 bits per heavy atom. The van der Waals surface area contributed by atoms with Crippen LogP contribution in [0, 0.1) is 0 Å². The second-order valence-corrected chi connectivity index (χ2v) is 5.55. The maximum absolute atomic E-state index is 12.6. The molecular formula is C15H20F2N2O3. The Hall–Kier alpha value is -1.60. The van der Waals surface area contributed by atoms with Crippen LogP contribution >= 0.6 is 0 Å². The summed E-state index contributed by atoms with van der Waals surface area (Å²) in [5.74, 6) is 1.19. The molecule has 5 nitrogen and oxygen atoms in total. The molecule has 1 unspecified atom stereocenters. The zero-order valence-electron chi connectivity index (χ0n) is 12.5. The predicted octanol–water partition coefficient (Wildman–Crippen LogP) is 2.20. The number of hydrogen-bond donors (Lipinski definition) is 1. The number of nitrogens with one attached hydrogen (secondary N) is 1. The minimum absolute atomic E-state index is 0.110. The monoisotopic (exact) mass is 314 g/mol. The average Bonchev–Trinajstić information content (AvgIpc) is 2.94. The van der Waals surface area contributed by atoms with Gasteiger partial charge in [0.2, 0.25) is 6.79 Å². The van der Waals surface area contributed by atoms with Crippen molar-refractivity contribution in [2.45, 2.75) is 32.0 Å². The van der Waals surface area contributed by atoms with E-state index in [4.69, 9.17) is 9.47 Å². The first-order chi connectivity index (χ1) is 10.7. The smallest absolute Gasteiger partial charge is 0.387 e. The van der Waals surface area contributed by atoms with Gasteiger partial charge in [0.25, 0.3) is 0 Å². The van der Waals surface area contributed by atoms with Gasteiger partial charge in [-0.2, -0.15) is 8.78 Å². The molecule has 1 saturated heterocycles. The van der Waals surface area contributed by atoms with Crippen molar-refractivity contribution in [2.75, 3.05) is 26.9 Å². The second-order valence-electron chi connectivity index (χ2n) is 5.55. The highest BCUT2D eigenvalue weighted by molar-refractivity contribution is 5.51. The molecule has 0 saturated carbocycles. The Morgan fingerprint density at radius 1 is 1.36 bits per heavy atom. The molecular weight excluding hydrogens is 294 g/mol. The van der Waals surface area contributed by atoms with Gasteiger partial charge >= 0.3 is 6.61 Å². The number of halogens is 2. The molecule has 0 bridgehead atoms. The van der Waals surface area contributed by atoms with Crippen LogP contribution in [0.1, 0.15) is 18.4 Å². The van der Waals surface area contributed by atoms with Gasteiger partial charge in [-0.15, -0.1) is 0 Å². The topological polar surface area (TPSA) is 43.0 Å². The third kappa shape index (κ3) is 3.41. The fourth-order valence-corrected chi connectivity index (χ4v) is 2.97. The molecule has 1 fully saturated rings. The van der Waals surface area contributed by atoms with Crippen molar-refractivity contribution >= 4 is 0 Å². The number of nitrogens with zero attached hydrogens (tertiary/aromatic N) is 1. The van der Waals surface area contributed by atoms with Crippen molar-refractivity contribution < 1.29 is 23.0 Å². The molecule has 2 aliphatic heterocycles.